The SMILES string of the molecule is CCCCOc1c(N(C)C(=O)O)n(CC(C)(C)C)c(=O)c2ccc(OCC(F)(F)F)cc12. The number of ether oxygens (including phenoxy) is 2. The summed E-state index contributed by atoms with van der Waals surface area (Å²) in [6.07, 6.45) is -4.36. The van der Waals surface area contributed by atoms with E-state index in [0.29, 0.717) is 6.42 Å². The lowest BCUT2D eigenvalue weighted by Gasteiger charge is -2.28. The number of hydrogen-bond acceptors (Lipinski definition) is 4. The maximum absolute atomic E-state index is 13.3. The summed E-state index contributed by atoms with van der Waals surface area (Å²) in [6.45, 7) is 6.61. The predicted molar refractivity (Wildman–Crippen MR) is 116 cm³/mol. The molecule has 1 amide bonds. The van der Waals surface area contributed by atoms with Crippen LogP contribution in [0.5, 0.6) is 11.5 Å². The number of pyridine rings is 1. The van der Waals surface area contributed by atoms with E-state index in [1.807, 2.05) is 27.7 Å². The van der Waals surface area contributed by atoms with Crippen LogP contribution in [0, 0.1) is 5.41 Å². The quantitative estimate of drug-likeness (QED) is 0.544. The van der Waals surface area contributed by atoms with Gasteiger partial charge in [-0.1, -0.05) is 34.1 Å². The fraction of sp³-hybridized carbons (Fsp3) is 0.545. The van der Waals surface area contributed by atoms with Gasteiger partial charge in [-0.15, -0.1) is 0 Å². The fourth-order valence-corrected chi connectivity index (χ4v) is 3.14. The minimum Gasteiger partial charge on any atom is -0.489 e. The molecule has 32 heavy (non-hydrogen) atoms. The molecule has 0 saturated carbocycles. The lowest BCUT2D eigenvalue weighted by Crippen LogP contribution is -2.35. The molecule has 0 aliphatic rings. The molecule has 2 rings (SSSR count). The van der Waals surface area contributed by atoms with Gasteiger partial charge in [-0.3, -0.25) is 14.3 Å². The Morgan fingerprint density at radius 1 is 1.16 bits per heavy atom. The Morgan fingerprint density at radius 2 is 1.81 bits per heavy atom. The van der Waals surface area contributed by atoms with E-state index < -0.39 is 24.4 Å². The number of anilines is 1. The molecule has 0 aliphatic heterocycles. The zero-order valence-electron chi connectivity index (χ0n) is 18.9. The Balaban J connectivity index is 2.82. The molecule has 0 radical (unpaired) electrons. The molecule has 0 spiro atoms. The Labute approximate surface area is 184 Å². The van der Waals surface area contributed by atoms with Crippen molar-refractivity contribution in [1.29, 1.82) is 0 Å². The Morgan fingerprint density at radius 3 is 2.34 bits per heavy atom. The normalized spacial score (nSPS) is 12.1. The number of rotatable bonds is 8. The molecular weight excluding hydrogens is 429 g/mol. The van der Waals surface area contributed by atoms with E-state index in [2.05, 4.69) is 0 Å². The summed E-state index contributed by atoms with van der Waals surface area (Å²) < 4.78 is 49.9. The van der Waals surface area contributed by atoms with Crippen LogP contribution in [0.2, 0.25) is 0 Å². The Kier molecular flexibility index (Phi) is 7.69. The predicted octanol–water partition coefficient (Wildman–Crippen LogP) is 5.28. The molecule has 2 aromatic rings. The van der Waals surface area contributed by atoms with E-state index in [1.165, 1.54) is 29.8 Å². The number of amides is 1. The van der Waals surface area contributed by atoms with Gasteiger partial charge in [0.2, 0.25) is 0 Å². The standard InChI is InChI=1S/C22H29F3N2O5/c1-6-7-10-31-17-16-11-14(32-13-22(23,24)25)8-9-15(16)19(28)27(12-21(2,3)4)18(17)26(5)20(29)30/h8-9,11H,6-7,10,12-13H2,1-5H3,(H,29,30). The third kappa shape index (κ3) is 6.30. The number of halogens is 3. The molecule has 178 valence electrons. The van der Waals surface area contributed by atoms with Gasteiger partial charge in [-0.25, -0.2) is 4.79 Å². The first-order valence-corrected chi connectivity index (χ1v) is 10.2. The second-order valence-electron chi connectivity index (χ2n) is 8.76. The van der Waals surface area contributed by atoms with Crippen molar-refractivity contribution in [2.75, 3.05) is 25.2 Å². The van der Waals surface area contributed by atoms with Crippen LogP contribution in [0.1, 0.15) is 40.5 Å². The minimum absolute atomic E-state index is 0.0222. The average molecular weight is 458 g/mol. The molecule has 10 heteroatoms. The highest BCUT2D eigenvalue weighted by molar-refractivity contribution is 5.97. The van der Waals surface area contributed by atoms with E-state index in [0.717, 1.165) is 11.3 Å². The van der Waals surface area contributed by atoms with Gasteiger partial charge in [0.05, 0.1) is 12.0 Å². The molecule has 0 bridgehead atoms. The number of fused-ring (bicyclic) bond motifs is 1. The lowest BCUT2D eigenvalue weighted by molar-refractivity contribution is -0.153. The molecule has 7 nitrogen and oxygen atoms in total. The first kappa shape index (κ1) is 25.4. The van der Waals surface area contributed by atoms with Crippen molar-refractivity contribution in [2.45, 2.75) is 53.3 Å². The number of alkyl halides is 3. The van der Waals surface area contributed by atoms with E-state index >= 15 is 0 Å². The average Bonchev–Trinajstić information content (AvgIpc) is 2.67. The molecule has 1 aromatic heterocycles. The van der Waals surface area contributed by atoms with Crippen LogP contribution in [-0.2, 0) is 6.54 Å². The summed E-state index contributed by atoms with van der Waals surface area (Å²) in [7, 11) is 1.29. The Hall–Kier alpha value is -2.91. The highest BCUT2D eigenvalue weighted by atomic mass is 19.4. The summed E-state index contributed by atoms with van der Waals surface area (Å²) in [4.78, 5) is 26.0. The number of unbranched alkanes of at least 4 members (excludes halogenated alkanes) is 1. The first-order chi connectivity index (χ1) is 14.7. The zero-order chi connectivity index (χ0) is 24.3. The van der Waals surface area contributed by atoms with Gasteiger partial charge < -0.3 is 14.6 Å². The van der Waals surface area contributed by atoms with E-state index in [1.54, 1.807) is 0 Å². The summed E-state index contributed by atoms with van der Waals surface area (Å²) >= 11 is 0. The molecule has 1 N–H and O–H groups in total. The molecule has 0 saturated heterocycles. The van der Waals surface area contributed by atoms with Crippen molar-refractivity contribution in [3.63, 3.8) is 0 Å². The van der Waals surface area contributed by atoms with Crippen LogP contribution >= 0.6 is 0 Å². The second kappa shape index (κ2) is 9.70. The topological polar surface area (TPSA) is 81.0 Å². The van der Waals surface area contributed by atoms with Crippen LogP contribution < -0.4 is 19.9 Å². The summed E-state index contributed by atoms with van der Waals surface area (Å²) in [6, 6.07) is 3.94. The van der Waals surface area contributed by atoms with Gasteiger partial charge in [0, 0.05) is 19.0 Å². The van der Waals surface area contributed by atoms with E-state index in [-0.39, 0.29) is 46.7 Å². The van der Waals surface area contributed by atoms with Crippen molar-refractivity contribution in [3.05, 3.63) is 28.6 Å². The van der Waals surface area contributed by atoms with Crippen molar-refractivity contribution >= 4 is 22.7 Å². The molecule has 0 aliphatic carbocycles. The molecule has 1 aromatic carbocycles. The monoisotopic (exact) mass is 458 g/mol. The zero-order valence-corrected chi connectivity index (χ0v) is 18.9. The van der Waals surface area contributed by atoms with Crippen molar-refractivity contribution < 1.29 is 32.5 Å². The maximum Gasteiger partial charge on any atom is 0.422 e. The van der Waals surface area contributed by atoms with Gasteiger partial charge >= 0.3 is 12.3 Å². The smallest absolute Gasteiger partial charge is 0.422 e. The number of benzene rings is 1. The van der Waals surface area contributed by atoms with Gasteiger partial charge in [-0.05, 0) is 30.0 Å². The maximum atomic E-state index is 13.3. The van der Waals surface area contributed by atoms with Crippen LogP contribution in [0.25, 0.3) is 10.8 Å². The van der Waals surface area contributed by atoms with E-state index in [4.69, 9.17) is 9.47 Å². The lowest BCUT2D eigenvalue weighted by atomic mass is 9.96. The third-order valence-corrected chi connectivity index (χ3v) is 4.55. The number of carboxylic acid groups (broad SMARTS) is 1. The van der Waals surface area contributed by atoms with Crippen LogP contribution in [0.4, 0.5) is 23.8 Å². The van der Waals surface area contributed by atoms with Gasteiger partial charge in [0.1, 0.15) is 5.75 Å². The fourth-order valence-electron chi connectivity index (χ4n) is 3.14. The summed E-state index contributed by atoms with van der Waals surface area (Å²) in [5.41, 5.74) is -0.842. The molecule has 0 unspecified atom stereocenters. The van der Waals surface area contributed by atoms with Gasteiger partial charge in [-0.2, -0.15) is 13.2 Å². The largest absolute Gasteiger partial charge is 0.489 e. The molecule has 0 atom stereocenters. The van der Waals surface area contributed by atoms with Crippen LogP contribution in [0.15, 0.2) is 23.0 Å². The van der Waals surface area contributed by atoms with Crippen LogP contribution in [0.3, 0.4) is 0 Å². The Bertz CT molecular complexity index is 1030. The van der Waals surface area contributed by atoms with E-state index in [9.17, 15) is 27.9 Å². The van der Waals surface area contributed by atoms with Crippen molar-refractivity contribution in [1.82, 2.24) is 4.57 Å². The highest BCUT2D eigenvalue weighted by Gasteiger charge is 2.30. The number of hydrogen-bond donors (Lipinski definition) is 1. The van der Waals surface area contributed by atoms with Crippen LogP contribution in [-0.4, -0.2) is 42.2 Å². The number of aromatic nitrogens is 1. The summed E-state index contributed by atoms with van der Waals surface area (Å²) in [5.74, 6) is 0.0284. The van der Waals surface area contributed by atoms with Gasteiger partial charge in [0.15, 0.2) is 18.2 Å². The first-order valence-electron chi connectivity index (χ1n) is 10.2. The van der Waals surface area contributed by atoms with Crippen molar-refractivity contribution in [2.24, 2.45) is 5.41 Å². The highest BCUT2D eigenvalue weighted by Crippen LogP contribution is 2.37. The minimum atomic E-state index is -4.53. The molecule has 1 heterocycles. The van der Waals surface area contributed by atoms with Gasteiger partial charge in [0.25, 0.3) is 5.56 Å². The number of carbonyl (C=O) groups is 1. The second-order valence-corrected chi connectivity index (χ2v) is 8.76. The third-order valence-electron chi connectivity index (χ3n) is 4.55. The summed E-state index contributed by atoms with van der Waals surface area (Å²) in [5, 5.41) is 10.0. The van der Waals surface area contributed by atoms with Crippen molar-refractivity contribution in [3.8, 4) is 11.5 Å². The molecule has 0 fully saturated rings. The number of nitrogens with zero attached hydrogens (tertiary/aromatic N) is 2. The molecular formula is C22H29F3N2O5.